The van der Waals surface area contributed by atoms with Crippen LogP contribution < -0.4 is 9.46 Å². The van der Waals surface area contributed by atoms with Crippen LogP contribution in [0.1, 0.15) is 56.3 Å². The summed E-state index contributed by atoms with van der Waals surface area (Å²) in [4.78, 5) is 17.5. The number of aliphatic hydroxyl groups is 1. The molecule has 0 bridgehead atoms. The van der Waals surface area contributed by atoms with Crippen molar-refractivity contribution in [1.29, 1.82) is 0 Å². The molecule has 2 aromatic rings. The maximum atomic E-state index is 13.7. The lowest BCUT2D eigenvalue weighted by Crippen LogP contribution is -2.50. The summed E-state index contributed by atoms with van der Waals surface area (Å²) in [7, 11) is -1.90. The summed E-state index contributed by atoms with van der Waals surface area (Å²) < 4.78 is 48.0. The quantitative estimate of drug-likeness (QED) is 0.472. The molecule has 0 aromatic heterocycles. The summed E-state index contributed by atoms with van der Waals surface area (Å²) in [5.74, 6) is 0.187. The van der Waals surface area contributed by atoms with Crippen molar-refractivity contribution in [3.05, 3.63) is 53.8 Å². The van der Waals surface area contributed by atoms with Gasteiger partial charge in [-0.05, 0) is 75.2 Å². The molecule has 214 valence electrons. The third kappa shape index (κ3) is 7.29. The third-order valence-corrected chi connectivity index (χ3v) is 9.22. The van der Waals surface area contributed by atoms with Crippen LogP contribution in [0.2, 0.25) is 0 Å². The number of nitrogens with zero attached hydrogens (tertiary/aromatic N) is 2. The highest BCUT2D eigenvalue weighted by Crippen LogP contribution is 2.32. The largest absolute Gasteiger partial charge is 0.488 e. The number of benzene rings is 2. The average molecular weight is 562 g/mol. The molecule has 1 heterocycles. The molecule has 1 aliphatic heterocycles. The molecule has 10 heteroatoms. The lowest BCUT2D eigenvalue weighted by Gasteiger charge is -2.38. The van der Waals surface area contributed by atoms with E-state index >= 15 is 0 Å². The van der Waals surface area contributed by atoms with Crippen LogP contribution in [0.25, 0.3) is 0 Å². The first-order valence-corrected chi connectivity index (χ1v) is 15.2. The van der Waals surface area contributed by atoms with Crippen molar-refractivity contribution in [2.24, 2.45) is 11.8 Å². The fourth-order valence-electron chi connectivity index (χ4n) is 5.52. The zero-order chi connectivity index (χ0) is 28.2. The summed E-state index contributed by atoms with van der Waals surface area (Å²) in [5.41, 5.74) is 0.410. The molecule has 0 radical (unpaired) electrons. The van der Waals surface area contributed by atoms with E-state index in [0.717, 1.165) is 18.7 Å². The maximum Gasteiger partial charge on any atom is 0.261 e. The number of aliphatic hydroxyl groups excluding tert-OH is 1. The number of sulfonamides is 1. The van der Waals surface area contributed by atoms with Crippen molar-refractivity contribution in [3.8, 4) is 5.75 Å². The number of ether oxygens (including phenoxy) is 1. The zero-order valence-corrected chi connectivity index (χ0v) is 23.8. The number of likely N-dealkylation sites (N-methyl/N-ethyl adjacent to an activating group) is 1. The molecule has 1 aliphatic carbocycles. The highest BCUT2D eigenvalue weighted by Gasteiger charge is 2.34. The minimum Gasteiger partial charge on any atom is -0.488 e. The molecule has 0 unspecified atom stereocenters. The number of fused-ring (bicyclic) bond motifs is 1. The van der Waals surface area contributed by atoms with E-state index in [1.807, 2.05) is 0 Å². The van der Waals surface area contributed by atoms with Crippen LogP contribution in [0.3, 0.4) is 0 Å². The SMILES string of the molecule is C[C@@H]1CN([C@@H](C)CO)C(=O)c2cc(NS(=O)(=O)c3ccc(F)cc3)ccc2O[C@@H]1CN(C)CC1CCCCC1. The van der Waals surface area contributed by atoms with Gasteiger partial charge in [0, 0.05) is 31.2 Å². The maximum absolute atomic E-state index is 13.7. The Hall–Kier alpha value is -2.69. The minimum atomic E-state index is -4.00. The lowest BCUT2D eigenvalue weighted by atomic mass is 9.89. The number of rotatable bonds is 9. The summed E-state index contributed by atoms with van der Waals surface area (Å²) in [6, 6.07) is 8.73. The Bertz CT molecular complexity index is 1230. The Morgan fingerprint density at radius 3 is 2.49 bits per heavy atom. The summed E-state index contributed by atoms with van der Waals surface area (Å²) in [6.07, 6.45) is 6.18. The van der Waals surface area contributed by atoms with E-state index in [2.05, 4.69) is 23.6 Å². The van der Waals surface area contributed by atoms with Crippen LogP contribution in [0.5, 0.6) is 5.75 Å². The van der Waals surface area contributed by atoms with E-state index in [9.17, 15) is 22.7 Å². The van der Waals surface area contributed by atoms with E-state index in [1.165, 1.54) is 50.3 Å². The Kier molecular flexibility index (Phi) is 9.51. The van der Waals surface area contributed by atoms with Crippen molar-refractivity contribution in [3.63, 3.8) is 0 Å². The first-order chi connectivity index (χ1) is 18.6. The molecule has 3 atom stereocenters. The van der Waals surface area contributed by atoms with E-state index < -0.39 is 21.9 Å². The van der Waals surface area contributed by atoms with Gasteiger partial charge in [0.05, 0.1) is 23.1 Å². The van der Waals surface area contributed by atoms with Gasteiger partial charge in [0.25, 0.3) is 15.9 Å². The number of halogens is 1. The molecule has 0 spiro atoms. The second kappa shape index (κ2) is 12.7. The number of hydrogen-bond donors (Lipinski definition) is 2. The summed E-state index contributed by atoms with van der Waals surface area (Å²) >= 11 is 0. The van der Waals surface area contributed by atoms with Gasteiger partial charge in [-0.2, -0.15) is 0 Å². The second-order valence-corrected chi connectivity index (χ2v) is 12.8. The topological polar surface area (TPSA) is 99.2 Å². The number of amides is 1. The van der Waals surface area contributed by atoms with Crippen LogP contribution in [0.4, 0.5) is 10.1 Å². The predicted octanol–water partition coefficient (Wildman–Crippen LogP) is 4.36. The normalized spacial score (nSPS) is 21.6. The lowest BCUT2D eigenvalue weighted by molar-refractivity contribution is 0.0330. The number of anilines is 1. The van der Waals surface area contributed by atoms with Crippen molar-refractivity contribution >= 4 is 21.6 Å². The predicted molar refractivity (Wildman–Crippen MR) is 149 cm³/mol. The van der Waals surface area contributed by atoms with Crippen LogP contribution in [-0.2, 0) is 10.0 Å². The first-order valence-electron chi connectivity index (χ1n) is 13.8. The Morgan fingerprint density at radius 1 is 1.13 bits per heavy atom. The molecule has 1 amide bonds. The average Bonchev–Trinajstić information content (AvgIpc) is 2.91. The summed E-state index contributed by atoms with van der Waals surface area (Å²) in [5, 5.41) is 9.90. The van der Waals surface area contributed by atoms with E-state index in [1.54, 1.807) is 24.0 Å². The molecular weight excluding hydrogens is 521 g/mol. The van der Waals surface area contributed by atoms with E-state index in [-0.39, 0.29) is 40.7 Å². The fourth-order valence-corrected chi connectivity index (χ4v) is 6.57. The zero-order valence-electron chi connectivity index (χ0n) is 23.0. The number of nitrogens with one attached hydrogen (secondary N) is 1. The van der Waals surface area contributed by atoms with Gasteiger partial charge in [-0.1, -0.05) is 26.2 Å². The van der Waals surface area contributed by atoms with Crippen LogP contribution >= 0.6 is 0 Å². The van der Waals surface area contributed by atoms with Gasteiger partial charge in [-0.15, -0.1) is 0 Å². The van der Waals surface area contributed by atoms with Gasteiger partial charge < -0.3 is 19.6 Å². The Labute approximate surface area is 231 Å². The van der Waals surface area contributed by atoms with Gasteiger partial charge in [0.15, 0.2) is 0 Å². The molecular formula is C29H40FN3O5S. The number of hydrogen-bond acceptors (Lipinski definition) is 6. The molecule has 0 saturated heterocycles. The number of carbonyl (C=O) groups excluding carboxylic acids is 1. The molecule has 2 N–H and O–H groups in total. The molecule has 39 heavy (non-hydrogen) atoms. The fraction of sp³-hybridized carbons (Fsp3) is 0.552. The second-order valence-electron chi connectivity index (χ2n) is 11.1. The summed E-state index contributed by atoms with van der Waals surface area (Å²) in [6.45, 7) is 5.73. The molecule has 1 fully saturated rings. The van der Waals surface area contributed by atoms with Crippen molar-refractivity contribution < 1.29 is 27.4 Å². The van der Waals surface area contributed by atoms with Crippen LogP contribution in [0.15, 0.2) is 47.4 Å². The van der Waals surface area contributed by atoms with E-state index in [0.29, 0.717) is 24.8 Å². The third-order valence-electron chi connectivity index (χ3n) is 7.83. The van der Waals surface area contributed by atoms with E-state index in [4.69, 9.17) is 4.74 Å². The smallest absolute Gasteiger partial charge is 0.261 e. The highest BCUT2D eigenvalue weighted by molar-refractivity contribution is 7.92. The molecule has 2 aromatic carbocycles. The van der Waals surface area contributed by atoms with Crippen LogP contribution in [-0.4, -0.2) is 74.7 Å². The van der Waals surface area contributed by atoms with Crippen molar-refractivity contribution in [1.82, 2.24) is 9.80 Å². The first kappa shape index (κ1) is 29.3. The van der Waals surface area contributed by atoms with Gasteiger partial charge in [0.2, 0.25) is 0 Å². The highest BCUT2D eigenvalue weighted by atomic mass is 32.2. The minimum absolute atomic E-state index is 0.00145. The standard InChI is InChI=1S/C29H40FN3O5S/c1-20-16-33(21(2)19-34)29(35)26-15-24(31-39(36,37)25-12-9-23(30)10-13-25)11-14-27(26)38-28(20)18-32(3)17-22-7-5-4-6-8-22/h9-15,20-22,28,31,34H,4-8,16-19H2,1-3H3/t20-,21+,28-/m1/s1. The molecule has 2 aliphatic rings. The van der Waals surface area contributed by atoms with Gasteiger partial charge in [-0.3, -0.25) is 9.52 Å². The van der Waals surface area contributed by atoms with Crippen molar-refractivity contribution in [2.75, 3.05) is 38.0 Å². The van der Waals surface area contributed by atoms with Crippen molar-refractivity contribution in [2.45, 2.75) is 63.0 Å². The Morgan fingerprint density at radius 2 is 1.82 bits per heavy atom. The van der Waals surface area contributed by atoms with Crippen LogP contribution in [0, 0.1) is 17.7 Å². The monoisotopic (exact) mass is 561 g/mol. The van der Waals surface area contributed by atoms with Gasteiger partial charge >= 0.3 is 0 Å². The molecule has 1 saturated carbocycles. The molecule has 4 rings (SSSR count). The Balaban J connectivity index is 1.60. The molecule has 8 nitrogen and oxygen atoms in total. The van der Waals surface area contributed by atoms with Gasteiger partial charge in [-0.25, -0.2) is 12.8 Å². The number of carbonyl (C=O) groups is 1. The van der Waals surface area contributed by atoms with Gasteiger partial charge in [0.1, 0.15) is 17.7 Å².